The third kappa shape index (κ3) is 4.89. The van der Waals surface area contributed by atoms with E-state index in [2.05, 4.69) is 17.0 Å². The first-order valence-electron chi connectivity index (χ1n) is 8.10. The van der Waals surface area contributed by atoms with Gasteiger partial charge < -0.3 is 10.1 Å². The highest BCUT2D eigenvalue weighted by molar-refractivity contribution is 7.87. The van der Waals surface area contributed by atoms with Crippen molar-refractivity contribution in [2.75, 3.05) is 39.3 Å². The van der Waals surface area contributed by atoms with Crippen molar-refractivity contribution in [3.8, 4) is 0 Å². The van der Waals surface area contributed by atoms with Crippen LogP contribution in [0.4, 0.5) is 0 Å². The van der Waals surface area contributed by atoms with Crippen LogP contribution in [0.3, 0.4) is 0 Å². The highest BCUT2D eigenvalue weighted by Gasteiger charge is 2.30. The Morgan fingerprint density at radius 1 is 1.19 bits per heavy atom. The highest BCUT2D eigenvalue weighted by atomic mass is 32.2. The molecule has 2 saturated heterocycles. The summed E-state index contributed by atoms with van der Waals surface area (Å²) in [5.74, 6) is 0.894. The summed E-state index contributed by atoms with van der Waals surface area (Å²) >= 11 is 0. The number of hydrogen-bond donors (Lipinski definition) is 2. The van der Waals surface area contributed by atoms with Crippen molar-refractivity contribution in [3.63, 3.8) is 0 Å². The molecule has 0 radical (unpaired) electrons. The summed E-state index contributed by atoms with van der Waals surface area (Å²) in [7, 11) is -3.33. The molecule has 0 spiro atoms. The molecule has 2 rings (SSSR count). The maximum Gasteiger partial charge on any atom is 0.279 e. The number of piperidine rings is 1. The van der Waals surface area contributed by atoms with Crippen LogP contribution in [-0.4, -0.2) is 58.2 Å². The van der Waals surface area contributed by atoms with Crippen molar-refractivity contribution in [1.82, 2.24) is 14.3 Å². The fourth-order valence-corrected chi connectivity index (χ4v) is 4.35. The lowest BCUT2D eigenvalue weighted by Crippen LogP contribution is -2.47. The molecule has 0 aromatic rings. The van der Waals surface area contributed by atoms with Gasteiger partial charge in [0, 0.05) is 32.2 Å². The maximum absolute atomic E-state index is 12.3. The van der Waals surface area contributed by atoms with E-state index in [4.69, 9.17) is 4.74 Å². The lowest BCUT2D eigenvalue weighted by Gasteiger charge is -2.31. The van der Waals surface area contributed by atoms with Gasteiger partial charge in [0.2, 0.25) is 0 Å². The third-order valence-corrected chi connectivity index (χ3v) is 6.23. The second kappa shape index (κ2) is 7.87. The molecule has 2 fully saturated rings. The van der Waals surface area contributed by atoms with Crippen LogP contribution in [-0.2, 0) is 14.9 Å². The van der Waals surface area contributed by atoms with Gasteiger partial charge in [0.1, 0.15) is 0 Å². The fraction of sp³-hybridized carbons (Fsp3) is 1.00. The molecule has 0 amide bonds. The Balaban J connectivity index is 1.75. The molecule has 0 saturated carbocycles. The Labute approximate surface area is 128 Å². The summed E-state index contributed by atoms with van der Waals surface area (Å²) in [5.41, 5.74) is 0. The largest absolute Gasteiger partial charge is 0.378 e. The monoisotopic (exact) mass is 319 g/mol. The van der Waals surface area contributed by atoms with E-state index >= 15 is 0 Å². The third-order valence-electron chi connectivity index (χ3n) is 4.66. The Morgan fingerprint density at radius 3 is 2.48 bits per heavy atom. The SMILES string of the molecule is CCNCC1CCN(S(=O)(=O)NCC2CCOC2C)CC1. The van der Waals surface area contributed by atoms with Gasteiger partial charge in [-0.15, -0.1) is 0 Å². The van der Waals surface area contributed by atoms with Crippen LogP contribution < -0.4 is 10.0 Å². The molecule has 124 valence electrons. The first-order valence-corrected chi connectivity index (χ1v) is 9.54. The molecule has 21 heavy (non-hydrogen) atoms. The van der Waals surface area contributed by atoms with Gasteiger partial charge in [-0.2, -0.15) is 12.7 Å². The Kier molecular flexibility index (Phi) is 6.43. The predicted octanol–water partition coefficient (Wildman–Crippen LogP) is 0.567. The average Bonchev–Trinajstić information content (AvgIpc) is 2.89. The quantitative estimate of drug-likeness (QED) is 0.720. The number of hydrogen-bond acceptors (Lipinski definition) is 4. The summed E-state index contributed by atoms with van der Waals surface area (Å²) in [6.07, 6.45) is 2.97. The van der Waals surface area contributed by atoms with Crippen LogP contribution in [0.5, 0.6) is 0 Å². The zero-order valence-corrected chi connectivity index (χ0v) is 14.0. The van der Waals surface area contributed by atoms with Crippen molar-refractivity contribution in [3.05, 3.63) is 0 Å². The summed E-state index contributed by atoms with van der Waals surface area (Å²) in [6.45, 7) is 8.56. The van der Waals surface area contributed by atoms with Crippen LogP contribution in [0, 0.1) is 11.8 Å². The number of rotatable bonds is 7. The maximum atomic E-state index is 12.3. The summed E-state index contributed by atoms with van der Waals surface area (Å²) < 4.78 is 34.5. The van der Waals surface area contributed by atoms with E-state index in [0.29, 0.717) is 31.5 Å². The molecule has 0 aliphatic carbocycles. The zero-order chi connectivity index (χ0) is 15.3. The minimum Gasteiger partial charge on any atom is -0.378 e. The van der Waals surface area contributed by atoms with Crippen molar-refractivity contribution < 1.29 is 13.2 Å². The molecule has 2 N–H and O–H groups in total. The van der Waals surface area contributed by atoms with Gasteiger partial charge >= 0.3 is 0 Å². The first-order chi connectivity index (χ1) is 10.0. The second-order valence-corrected chi connectivity index (χ2v) is 7.88. The molecule has 2 unspecified atom stereocenters. The number of ether oxygens (including phenoxy) is 1. The lowest BCUT2D eigenvalue weighted by atomic mass is 9.98. The number of nitrogens with one attached hydrogen (secondary N) is 2. The van der Waals surface area contributed by atoms with Gasteiger partial charge in [-0.05, 0) is 45.2 Å². The van der Waals surface area contributed by atoms with Crippen LogP contribution in [0.15, 0.2) is 0 Å². The lowest BCUT2D eigenvalue weighted by molar-refractivity contribution is 0.106. The van der Waals surface area contributed by atoms with E-state index in [-0.39, 0.29) is 6.10 Å². The van der Waals surface area contributed by atoms with Crippen molar-refractivity contribution in [2.24, 2.45) is 11.8 Å². The average molecular weight is 319 g/mol. The second-order valence-electron chi connectivity index (χ2n) is 6.13. The van der Waals surface area contributed by atoms with Crippen LogP contribution >= 0.6 is 0 Å². The molecule has 2 aliphatic heterocycles. The van der Waals surface area contributed by atoms with Gasteiger partial charge in [-0.3, -0.25) is 0 Å². The van der Waals surface area contributed by atoms with Crippen molar-refractivity contribution in [1.29, 1.82) is 0 Å². The molecule has 2 atom stereocenters. The molecular weight excluding hydrogens is 290 g/mol. The van der Waals surface area contributed by atoms with Gasteiger partial charge in [-0.1, -0.05) is 6.92 Å². The minimum atomic E-state index is -3.33. The van der Waals surface area contributed by atoms with E-state index in [0.717, 1.165) is 39.0 Å². The highest BCUT2D eigenvalue weighted by Crippen LogP contribution is 2.21. The number of nitrogens with zero attached hydrogens (tertiary/aromatic N) is 1. The summed E-state index contributed by atoms with van der Waals surface area (Å²) in [5, 5.41) is 3.34. The Bertz CT molecular complexity index is 408. The van der Waals surface area contributed by atoms with E-state index in [1.807, 2.05) is 6.92 Å². The molecule has 2 heterocycles. The van der Waals surface area contributed by atoms with Gasteiger partial charge in [0.05, 0.1) is 6.10 Å². The van der Waals surface area contributed by atoms with Crippen LogP contribution in [0.2, 0.25) is 0 Å². The molecular formula is C14H29N3O3S. The molecule has 0 aromatic heterocycles. The van der Waals surface area contributed by atoms with Crippen molar-refractivity contribution in [2.45, 2.75) is 39.2 Å². The van der Waals surface area contributed by atoms with E-state index in [9.17, 15) is 8.42 Å². The van der Waals surface area contributed by atoms with Crippen molar-refractivity contribution >= 4 is 10.2 Å². The molecule has 7 heteroatoms. The fourth-order valence-electron chi connectivity index (χ4n) is 3.05. The Morgan fingerprint density at radius 2 is 1.90 bits per heavy atom. The summed E-state index contributed by atoms with van der Waals surface area (Å²) in [4.78, 5) is 0. The van der Waals surface area contributed by atoms with E-state index in [1.165, 1.54) is 0 Å². The van der Waals surface area contributed by atoms with Crippen LogP contribution in [0.25, 0.3) is 0 Å². The predicted molar refractivity (Wildman–Crippen MR) is 83.3 cm³/mol. The van der Waals surface area contributed by atoms with Gasteiger partial charge in [0.25, 0.3) is 10.2 Å². The molecule has 6 nitrogen and oxygen atoms in total. The Hall–Kier alpha value is -0.210. The molecule has 2 aliphatic rings. The normalized spacial score (nSPS) is 29.0. The standard InChI is InChI=1S/C14H29N3O3S/c1-3-15-10-13-4-7-17(8-5-13)21(18,19)16-11-14-6-9-20-12(14)2/h12-16H,3-11H2,1-2H3. The van der Waals surface area contributed by atoms with E-state index in [1.54, 1.807) is 4.31 Å². The van der Waals surface area contributed by atoms with Gasteiger partial charge in [-0.25, -0.2) is 4.72 Å². The van der Waals surface area contributed by atoms with Crippen LogP contribution in [0.1, 0.15) is 33.1 Å². The zero-order valence-electron chi connectivity index (χ0n) is 13.2. The van der Waals surface area contributed by atoms with E-state index < -0.39 is 10.2 Å². The first kappa shape index (κ1) is 17.1. The topological polar surface area (TPSA) is 70.7 Å². The minimum absolute atomic E-state index is 0.151. The molecule has 0 aromatic carbocycles. The summed E-state index contributed by atoms with van der Waals surface area (Å²) in [6, 6.07) is 0. The van der Waals surface area contributed by atoms with Gasteiger partial charge in [0.15, 0.2) is 0 Å². The smallest absolute Gasteiger partial charge is 0.279 e. The molecule has 0 bridgehead atoms.